The second-order valence-electron chi connectivity index (χ2n) is 6.74. The lowest BCUT2D eigenvalue weighted by Crippen LogP contribution is -2.62. The van der Waals surface area contributed by atoms with Crippen LogP contribution >= 0.6 is 0 Å². The average Bonchev–Trinajstić information content (AvgIpc) is 2.68. The molecule has 26 heavy (non-hydrogen) atoms. The zero-order valence-corrected chi connectivity index (χ0v) is 14.4. The van der Waals surface area contributed by atoms with Gasteiger partial charge in [0.15, 0.2) is 0 Å². The summed E-state index contributed by atoms with van der Waals surface area (Å²) in [4.78, 5) is 0. The van der Waals surface area contributed by atoms with E-state index in [9.17, 15) is 30.6 Å². The van der Waals surface area contributed by atoms with Gasteiger partial charge in [-0.3, -0.25) is 0 Å². The molecule has 6 N–H and O–H groups in total. The van der Waals surface area contributed by atoms with E-state index in [1.165, 1.54) is 0 Å². The van der Waals surface area contributed by atoms with E-state index < -0.39 is 36.6 Å². The van der Waals surface area contributed by atoms with Crippen LogP contribution in [0, 0.1) is 0 Å². The third-order valence-corrected chi connectivity index (χ3v) is 4.65. The zero-order valence-electron chi connectivity index (χ0n) is 14.4. The highest BCUT2D eigenvalue weighted by Crippen LogP contribution is 2.27. The third-order valence-electron chi connectivity index (χ3n) is 4.65. The molecule has 6 heteroatoms. The summed E-state index contributed by atoms with van der Waals surface area (Å²) >= 11 is 0. The van der Waals surface area contributed by atoms with E-state index in [1.807, 2.05) is 0 Å². The van der Waals surface area contributed by atoms with Crippen molar-refractivity contribution in [3.8, 4) is 0 Å². The summed E-state index contributed by atoms with van der Waals surface area (Å²) in [7, 11) is 0. The van der Waals surface area contributed by atoms with E-state index >= 15 is 0 Å². The first-order valence-electron chi connectivity index (χ1n) is 8.45. The second-order valence-corrected chi connectivity index (χ2v) is 6.74. The van der Waals surface area contributed by atoms with Gasteiger partial charge in [-0.25, -0.2) is 0 Å². The molecule has 0 aliphatic rings. The SMILES string of the molecule is OC[C@](O)(Cc1ccccc1)[C@@H](O)[C@H](O)[C@](O)(CO)Cc1ccccc1. The van der Waals surface area contributed by atoms with Gasteiger partial charge < -0.3 is 30.6 Å². The fourth-order valence-electron chi connectivity index (χ4n) is 2.99. The maximum atomic E-state index is 10.7. The summed E-state index contributed by atoms with van der Waals surface area (Å²) in [5.41, 5.74) is -2.88. The van der Waals surface area contributed by atoms with Gasteiger partial charge in [0.2, 0.25) is 0 Å². The fraction of sp³-hybridized carbons (Fsp3) is 0.400. The first-order valence-corrected chi connectivity index (χ1v) is 8.45. The Morgan fingerprint density at radius 3 is 1.19 bits per heavy atom. The lowest BCUT2D eigenvalue weighted by molar-refractivity contribution is -0.203. The van der Waals surface area contributed by atoms with Crippen LogP contribution in [-0.2, 0) is 12.8 Å². The quantitative estimate of drug-likeness (QED) is 0.362. The van der Waals surface area contributed by atoms with Crippen molar-refractivity contribution in [2.75, 3.05) is 13.2 Å². The molecule has 0 aliphatic carbocycles. The monoisotopic (exact) mass is 362 g/mol. The van der Waals surface area contributed by atoms with E-state index in [-0.39, 0.29) is 12.8 Å². The van der Waals surface area contributed by atoms with Gasteiger partial charge in [0.1, 0.15) is 23.4 Å². The molecular formula is C20H26O6. The number of hydrogen-bond acceptors (Lipinski definition) is 6. The predicted molar refractivity (Wildman–Crippen MR) is 96.4 cm³/mol. The van der Waals surface area contributed by atoms with Gasteiger partial charge in [-0.15, -0.1) is 0 Å². The van der Waals surface area contributed by atoms with Gasteiger partial charge in [0.25, 0.3) is 0 Å². The second kappa shape index (κ2) is 8.73. The minimum Gasteiger partial charge on any atom is -0.393 e. The van der Waals surface area contributed by atoms with Gasteiger partial charge >= 0.3 is 0 Å². The average molecular weight is 362 g/mol. The summed E-state index contributed by atoms with van der Waals surface area (Å²) in [5.74, 6) is 0. The van der Waals surface area contributed by atoms with Crippen molar-refractivity contribution in [1.82, 2.24) is 0 Å². The molecule has 4 atom stereocenters. The first-order chi connectivity index (χ1) is 12.3. The number of aliphatic hydroxyl groups is 6. The number of benzene rings is 2. The Morgan fingerprint density at radius 2 is 0.923 bits per heavy atom. The maximum Gasteiger partial charge on any atom is 0.120 e. The minimum atomic E-state index is -2.08. The Bertz CT molecular complexity index is 605. The van der Waals surface area contributed by atoms with Crippen LogP contribution in [-0.4, -0.2) is 67.3 Å². The lowest BCUT2D eigenvalue weighted by atomic mass is 9.79. The van der Waals surface area contributed by atoms with Crippen LogP contribution in [0.25, 0.3) is 0 Å². The summed E-state index contributed by atoms with van der Waals surface area (Å²) in [6.07, 6.45) is -4.02. The summed E-state index contributed by atoms with van der Waals surface area (Å²) in [6, 6.07) is 17.4. The van der Waals surface area contributed by atoms with Crippen molar-refractivity contribution < 1.29 is 30.6 Å². The normalized spacial score (nSPS) is 18.5. The summed E-state index contributed by atoms with van der Waals surface area (Å²) < 4.78 is 0. The smallest absolute Gasteiger partial charge is 0.120 e. The highest BCUT2D eigenvalue weighted by molar-refractivity contribution is 5.21. The maximum absolute atomic E-state index is 10.7. The Balaban J connectivity index is 2.21. The van der Waals surface area contributed by atoms with Crippen LogP contribution < -0.4 is 0 Å². The molecule has 0 bridgehead atoms. The van der Waals surface area contributed by atoms with Gasteiger partial charge in [-0.2, -0.15) is 0 Å². The number of hydrogen-bond donors (Lipinski definition) is 6. The highest BCUT2D eigenvalue weighted by Gasteiger charge is 2.48. The first kappa shape index (κ1) is 20.5. The van der Waals surface area contributed by atoms with Crippen molar-refractivity contribution in [3.05, 3.63) is 71.8 Å². The minimum absolute atomic E-state index is 0.130. The Kier molecular flexibility index (Phi) is 6.88. The third kappa shape index (κ3) is 4.67. The standard InChI is InChI=1S/C20H26O6/c21-13-19(25,11-15-7-3-1-4-8-15)17(23)18(24)20(26,14-22)12-16-9-5-2-6-10-16/h1-10,17-18,21-26H,11-14H2/t17-,18-,19+,20+/m0/s1. The number of aliphatic hydroxyl groups excluding tert-OH is 4. The van der Waals surface area contributed by atoms with E-state index in [4.69, 9.17) is 0 Å². The van der Waals surface area contributed by atoms with Crippen LogP contribution in [0.1, 0.15) is 11.1 Å². The molecule has 0 aliphatic heterocycles. The zero-order chi connectivity index (χ0) is 19.2. The van der Waals surface area contributed by atoms with Gasteiger partial charge in [-0.1, -0.05) is 60.7 Å². The van der Waals surface area contributed by atoms with E-state index in [1.54, 1.807) is 60.7 Å². The fourth-order valence-corrected chi connectivity index (χ4v) is 2.99. The highest BCUT2D eigenvalue weighted by atomic mass is 16.4. The molecule has 2 aromatic rings. The van der Waals surface area contributed by atoms with E-state index in [0.29, 0.717) is 11.1 Å². The van der Waals surface area contributed by atoms with Crippen LogP contribution in [0.5, 0.6) is 0 Å². The molecule has 0 radical (unpaired) electrons. The molecule has 0 heterocycles. The van der Waals surface area contributed by atoms with Gasteiger partial charge in [-0.05, 0) is 11.1 Å². The van der Waals surface area contributed by atoms with Crippen molar-refractivity contribution >= 4 is 0 Å². The van der Waals surface area contributed by atoms with Gasteiger partial charge in [0, 0.05) is 12.8 Å². The lowest BCUT2D eigenvalue weighted by Gasteiger charge is -2.40. The largest absolute Gasteiger partial charge is 0.393 e. The molecule has 6 nitrogen and oxygen atoms in total. The van der Waals surface area contributed by atoms with Crippen molar-refractivity contribution in [1.29, 1.82) is 0 Å². The number of rotatable bonds is 9. The van der Waals surface area contributed by atoms with E-state index in [2.05, 4.69) is 0 Å². The Morgan fingerprint density at radius 1 is 0.615 bits per heavy atom. The predicted octanol–water partition coefficient (Wildman–Crippen LogP) is -0.360. The molecular weight excluding hydrogens is 336 g/mol. The molecule has 2 aromatic carbocycles. The van der Waals surface area contributed by atoms with Crippen LogP contribution in [0.4, 0.5) is 0 Å². The Labute approximate surface area is 152 Å². The molecule has 0 aromatic heterocycles. The molecule has 0 unspecified atom stereocenters. The molecule has 0 amide bonds. The van der Waals surface area contributed by atoms with Crippen molar-refractivity contribution in [3.63, 3.8) is 0 Å². The molecule has 2 rings (SSSR count). The van der Waals surface area contributed by atoms with Crippen molar-refractivity contribution in [2.24, 2.45) is 0 Å². The van der Waals surface area contributed by atoms with Gasteiger partial charge in [0.05, 0.1) is 13.2 Å². The van der Waals surface area contributed by atoms with E-state index in [0.717, 1.165) is 0 Å². The molecule has 0 fully saturated rings. The molecule has 142 valence electrons. The summed E-state index contributed by atoms with van der Waals surface area (Å²) in [5, 5.41) is 61.7. The van der Waals surface area contributed by atoms with Crippen LogP contribution in [0.15, 0.2) is 60.7 Å². The van der Waals surface area contributed by atoms with Crippen LogP contribution in [0.2, 0.25) is 0 Å². The van der Waals surface area contributed by atoms with Crippen LogP contribution in [0.3, 0.4) is 0 Å². The topological polar surface area (TPSA) is 121 Å². The van der Waals surface area contributed by atoms with Crippen molar-refractivity contribution in [2.45, 2.75) is 36.3 Å². The Hall–Kier alpha value is -1.80. The molecule has 0 spiro atoms. The molecule has 0 saturated carbocycles. The summed E-state index contributed by atoms with van der Waals surface area (Å²) in [6.45, 7) is -1.65. The molecule has 0 saturated heterocycles.